The number of hydrogen-bond acceptors (Lipinski definition) is 4. The molecule has 2 N–H and O–H groups in total. The molecule has 1 aliphatic heterocycles. The highest BCUT2D eigenvalue weighted by Gasteiger charge is 2.27. The normalized spacial score (nSPS) is 16.2. The minimum absolute atomic E-state index is 0.150. The fourth-order valence-corrected chi connectivity index (χ4v) is 4.23. The van der Waals surface area contributed by atoms with Crippen molar-refractivity contribution in [3.05, 3.63) is 64.6 Å². The summed E-state index contributed by atoms with van der Waals surface area (Å²) in [6.07, 6.45) is 1.13. The van der Waals surface area contributed by atoms with Crippen LogP contribution in [0.5, 0.6) is 0 Å². The second-order valence-corrected chi connectivity index (χ2v) is 7.98. The van der Waals surface area contributed by atoms with Gasteiger partial charge in [-0.25, -0.2) is 9.18 Å². The lowest BCUT2D eigenvalue weighted by molar-refractivity contribution is 0.134. The van der Waals surface area contributed by atoms with E-state index < -0.39 is 11.9 Å². The van der Waals surface area contributed by atoms with Crippen molar-refractivity contribution in [2.45, 2.75) is 39.3 Å². The molecule has 1 fully saturated rings. The number of halogens is 1. The first-order valence-electron chi connectivity index (χ1n) is 10.4. The van der Waals surface area contributed by atoms with Crippen molar-refractivity contribution in [2.24, 2.45) is 0 Å². The fraction of sp³-hybridized carbons (Fsp3) is 0.333. The molecule has 1 atom stereocenters. The molecule has 0 bridgehead atoms. The summed E-state index contributed by atoms with van der Waals surface area (Å²) in [6, 6.07) is 12.7. The number of carbonyl (C=O) groups is 1. The molecule has 1 saturated heterocycles. The number of fused-ring (bicyclic) bond motifs is 1. The lowest BCUT2D eigenvalue weighted by Crippen LogP contribution is -2.48. The Balaban J connectivity index is 1.51. The Morgan fingerprint density at radius 3 is 2.87 bits per heavy atom. The van der Waals surface area contributed by atoms with Crippen molar-refractivity contribution in [1.82, 2.24) is 10.3 Å². The number of nitrogens with zero attached hydrogens (tertiary/aromatic N) is 2. The van der Waals surface area contributed by atoms with Crippen molar-refractivity contribution in [2.75, 3.05) is 18.0 Å². The van der Waals surface area contributed by atoms with E-state index in [1.165, 1.54) is 6.07 Å². The molecule has 1 aromatic heterocycles. The maximum Gasteiger partial charge on any atom is 0.407 e. The Labute approximate surface area is 180 Å². The van der Waals surface area contributed by atoms with Gasteiger partial charge in [0.2, 0.25) is 0 Å². The van der Waals surface area contributed by atoms with Crippen LogP contribution in [-0.4, -0.2) is 30.2 Å². The summed E-state index contributed by atoms with van der Waals surface area (Å²) in [6.45, 7) is 5.21. The number of nitrogens with one attached hydrogen (secondary N) is 2. The highest BCUT2D eigenvalue weighted by Crippen LogP contribution is 2.37. The van der Waals surface area contributed by atoms with Crippen molar-refractivity contribution in [3.63, 3.8) is 0 Å². The highest BCUT2D eigenvalue weighted by atomic mass is 19.1. The number of alkyl carbamates (subject to hydrolysis) is 1. The number of benzene rings is 2. The standard InChI is InChI=1S/C24H25FN4O2/c1-15-16(2)27-22-18(12-26)11-20(25)23(21(15)22)29-10-6-9-19(13-29)28-24(30)31-14-17-7-4-3-5-8-17/h3-5,7-8,11,19,27H,6,9-10,13-14H2,1-2H3,(H,28,30). The molecule has 7 heteroatoms. The SMILES string of the molecule is Cc1[nH]c2c(C#N)cc(F)c(N3CCCC(NC(=O)OCc4ccccc4)C3)c2c1C. The molecule has 4 rings (SSSR count). The van der Waals surface area contributed by atoms with E-state index in [4.69, 9.17) is 4.74 Å². The van der Waals surface area contributed by atoms with Crippen LogP contribution in [0.3, 0.4) is 0 Å². The van der Waals surface area contributed by atoms with Gasteiger partial charge in [-0.15, -0.1) is 0 Å². The zero-order valence-electron chi connectivity index (χ0n) is 17.7. The number of anilines is 1. The Kier molecular flexibility index (Phi) is 5.81. The first kappa shape index (κ1) is 20.7. The molecule has 2 heterocycles. The molecule has 31 heavy (non-hydrogen) atoms. The van der Waals surface area contributed by atoms with E-state index >= 15 is 4.39 Å². The second kappa shape index (κ2) is 8.68. The Morgan fingerprint density at radius 1 is 1.35 bits per heavy atom. The summed E-state index contributed by atoms with van der Waals surface area (Å²) < 4.78 is 20.5. The van der Waals surface area contributed by atoms with E-state index in [0.717, 1.165) is 35.0 Å². The van der Waals surface area contributed by atoms with Gasteiger partial charge in [-0.05, 0) is 43.9 Å². The summed E-state index contributed by atoms with van der Waals surface area (Å²) in [5, 5.41) is 13.1. The molecule has 0 spiro atoms. The van der Waals surface area contributed by atoms with Gasteiger partial charge < -0.3 is 19.9 Å². The summed E-state index contributed by atoms with van der Waals surface area (Å²) in [5.74, 6) is -0.418. The van der Waals surface area contributed by atoms with Crippen LogP contribution in [0.1, 0.15) is 35.2 Å². The van der Waals surface area contributed by atoms with Crippen molar-refractivity contribution in [1.29, 1.82) is 5.26 Å². The third kappa shape index (κ3) is 4.19. The number of aromatic nitrogens is 1. The third-order valence-corrected chi connectivity index (χ3v) is 5.90. The minimum atomic E-state index is -0.477. The number of hydrogen-bond donors (Lipinski definition) is 2. The molecular weight excluding hydrogens is 395 g/mol. The molecule has 3 aromatic rings. The minimum Gasteiger partial charge on any atom is -0.445 e. The first-order chi connectivity index (χ1) is 15.0. The highest BCUT2D eigenvalue weighted by molar-refractivity contribution is 5.99. The molecular formula is C24H25FN4O2. The van der Waals surface area contributed by atoms with Crippen molar-refractivity contribution >= 4 is 22.7 Å². The Hall–Kier alpha value is -3.53. The van der Waals surface area contributed by atoms with E-state index in [1.54, 1.807) is 0 Å². The number of nitriles is 1. The molecule has 0 aliphatic carbocycles. The number of aromatic amines is 1. The summed E-state index contributed by atoms with van der Waals surface area (Å²) in [4.78, 5) is 17.5. The smallest absolute Gasteiger partial charge is 0.407 e. The van der Waals surface area contributed by atoms with Gasteiger partial charge in [0, 0.05) is 30.2 Å². The molecule has 1 aliphatic rings. The summed E-state index contributed by atoms with van der Waals surface area (Å²) >= 11 is 0. The van der Waals surface area contributed by atoms with Crippen LogP contribution in [0, 0.1) is 31.0 Å². The molecule has 6 nitrogen and oxygen atoms in total. The van der Waals surface area contributed by atoms with Gasteiger partial charge in [0.25, 0.3) is 0 Å². The maximum atomic E-state index is 15.1. The molecule has 0 radical (unpaired) electrons. The number of H-pyrrole nitrogens is 1. The van der Waals surface area contributed by atoms with Crippen LogP contribution < -0.4 is 10.2 Å². The van der Waals surface area contributed by atoms with Crippen molar-refractivity contribution < 1.29 is 13.9 Å². The molecule has 1 amide bonds. The topological polar surface area (TPSA) is 81.2 Å². The zero-order valence-corrected chi connectivity index (χ0v) is 17.7. The van der Waals surface area contributed by atoms with E-state index in [0.29, 0.717) is 29.9 Å². The average molecular weight is 420 g/mol. The summed E-state index contributed by atoms with van der Waals surface area (Å²) in [7, 11) is 0. The van der Waals surface area contributed by atoms with E-state index in [2.05, 4.69) is 16.4 Å². The maximum absolute atomic E-state index is 15.1. The van der Waals surface area contributed by atoms with E-state index in [-0.39, 0.29) is 12.6 Å². The molecule has 1 unspecified atom stereocenters. The predicted octanol–water partition coefficient (Wildman–Crippen LogP) is 4.69. The van der Waals surface area contributed by atoms with Crippen LogP contribution >= 0.6 is 0 Å². The van der Waals surface area contributed by atoms with E-state index in [9.17, 15) is 10.1 Å². The lowest BCUT2D eigenvalue weighted by atomic mass is 10.0. The van der Waals surface area contributed by atoms with Gasteiger partial charge in [-0.2, -0.15) is 5.26 Å². The molecule has 2 aromatic carbocycles. The van der Waals surface area contributed by atoms with Gasteiger partial charge in [0.1, 0.15) is 18.5 Å². The number of aryl methyl sites for hydroxylation is 2. The largest absolute Gasteiger partial charge is 0.445 e. The van der Waals surface area contributed by atoms with Crippen LogP contribution in [0.25, 0.3) is 10.9 Å². The van der Waals surface area contributed by atoms with Gasteiger partial charge in [-0.3, -0.25) is 0 Å². The van der Waals surface area contributed by atoms with Gasteiger partial charge in [-0.1, -0.05) is 30.3 Å². The van der Waals surface area contributed by atoms with Crippen LogP contribution in [0.2, 0.25) is 0 Å². The monoisotopic (exact) mass is 420 g/mol. The van der Waals surface area contributed by atoms with Gasteiger partial charge >= 0.3 is 6.09 Å². The zero-order chi connectivity index (χ0) is 22.0. The van der Waals surface area contributed by atoms with Crippen LogP contribution in [-0.2, 0) is 11.3 Å². The Morgan fingerprint density at radius 2 is 2.13 bits per heavy atom. The first-order valence-corrected chi connectivity index (χ1v) is 10.4. The molecule has 0 saturated carbocycles. The number of carbonyl (C=O) groups excluding carboxylic acids is 1. The van der Waals surface area contributed by atoms with E-state index in [1.807, 2.05) is 49.1 Å². The predicted molar refractivity (Wildman–Crippen MR) is 117 cm³/mol. The summed E-state index contributed by atoms with van der Waals surface area (Å²) in [5.41, 5.74) is 4.20. The second-order valence-electron chi connectivity index (χ2n) is 7.98. The van der Waals surface area contributed by atoms with Crippen molar-refractivity contribution in [3.8, 4) is 6.07 Å². The average Bonchev–Trinajstić information content (AvgIpc) is 3.07. The lowest BCUT2D eigenvalue weighted by Gasteiger charge is -2.35. The van der Waals surface area contributed by atoms with Crippen LogP contribution in [0.4, 0.5) is 14.9 Å². The molecule has 160 valence electrons. The quantitative estimate of drug-likeness (QED) is 0.642. The number of piperidine rings is 1. The van der Waals surface area contributed by atoms with Gasteiger partial charge in [0.05, 0.1) is 16.8 Å². The number of amides is 1. The number of rotatable bonds is 4. The van der Waals surface area contributed by atoms with Gasteiger partial charge in [0.15, 0.2) is 0 Å². The van der Waals surface area contributed by atoms with Crippen LogP contribution in [0.15, 0.2) is 36.4 Å². The fourth-order valence-electron chi connectivity index (χ4n) is 4.23. The number of ether oxygens (including phenoxy) is 1. The Bertz CT molecular complexity index is 1150. The third-order valence-electron chi connectivity index (χ3n) is 5.90.